The number of nitrogens with one attached hydrogen (secondary N) is 1. The zero-order valence-corrected chi connectivity index (χ0v) is 11.7. The number of methoxy groups -OCH3 is 1. The van der Waals surface area contributed by atoms with Gasteiger partial charge in [-0.05, 0) is 37.8 Å². The molecule has 0 spiro atoms. The van der Waals surface area contributed by atoms with Gasteiger partial charge >= 0.3 is 0 Å². The topological polar surface area (TPSA) is 67.8 Å². The molecule has 1 aliphatic rings. The van der Waals surface area contributed by atoms with Crippen LogP contribution in [0.15, 0.2) is 24.3 Å². The van der Waals surface area contributed by atoms with Crippen molar-refractivity contribution in [1.82, 2.24) is 0 Å². The number of ether oxygens (including phenoxy) is 2. The third-order valence-electron chi connectivity index (χ3n) is 3.45. The van der Waals surface area contributed by atoms with Crippen molar-refractivity contribution in [2.24, 2.45) is 0 Å². The standard InChI is InChI=1S/C15H21NO4/c1-19-14-4-2-3-11(9-14)16-15(18)10-20-13-7-5-12(17)6-8-13/h2-4,9,12-13,17H,5-8,10H2,1H3,(H,16,18). The molecule has 0 saturated heterocycles. The largest absolute Gasteiger partial charge is 0.497 e. The molecular weight excluding hydrogens is 258 g/mol. The van der Waals surface area contributed by atoms with Gasteiger partial charge in [0.1, 0.15) is 12.4 Å². The van der Waals surface area contributed by atoms with Crippen LogP contribution in [0.3, 0.4) is 0 Å². The zero-order chi connectivity index (χ0) is 14.4. The second kappa shape index (κ2) is 7.26. The molecule has 0 bridgehead atoms. The first-order chi connectivity index (χ1) is 9.67. The lowest BCUT2D eigenvalue weighted by Crippen LogP contribution is -2.28. The van der Waals surface area contributed by atoms with E-state index in [9.17, 15) is 9.90 Å². The SMILES string of the molecule is COc1cccc(NC(=O)COC2CCC(O)CC2)c1. The molecule has 1 aromatic rings. The van der Waals surface area contributed by atoms with E-state index < -0.39 is 0 Å². The first-order valence-corrected chi connectivity index (χ1v) is 6.91. The maximum absolute atomic E-state index is 11.8. The number of aliphatic hydroxyl groups excluding tert-OH is 1. The molecule has 5 heteroatoms. The van der Waals surface area contributed by atoms with E-state index in [1.54, 1.807) is 19.2 Å². The van der Waals surface area contributed by atoms with E-state index in [1.807, 2.05) is 12.1 Å². The number of carbonyl (C=O) groups is 1. The summed E-state index contributed by atoms with van der Waals surface area (Å²) in [7, 11) is 1.58. The van der Waals surface area contributed by atoms with Crippen molar-refractivity contribution in [2.75, 3.05) is 19.0 Å². The number of carbonyl (C=O) groups excluding carboxylic acids is 1. The highest BCUT2D eigenvalue weighted by molar-refractivity contribution is 5.91. The van der Waals surface area contributed by atoms with E-state index in [2.05, 4.69) is 5.32 Å². The number of anilines is 1. The van der Waals surface area contributed by atoms with Crippen LogP contribution >= 0.6 is 0 Å². The number of benzene rings is 1. The Morgan fingerprint density at radius 3 is 2.80 bits per heavy atom. The fourth-order valence-electron chi connectivity index (χ4n) is 2.30. The molecule has 0 unspecified atom stereocenters. The molecule has 1 saturated carbocycles. The smallest absolute Gasteiger partial charge is 0.250 e. The predicted octanol–water partition coefficient (Wildman–Crippen LogP) is 1.95. The van der Waals surface area contributed by atoms with Crippen molar-refractivity contribution in [2.45, 2.75) is 37.9 Å². The average molecular weight is 279 g/mol. The van der Waals surface area contributed by atoms with E-state index in [-0.39, 0.29) is 24.7 Å². The molecule has 5 nitrogen and oxygen atoms in total. The normalized spacial score (nSPS) is 22.3. The molecule has 20 heavy (non-hydrogen) atoms. The molecule has 0 aromatic heterocycles. The number of hydrogen-bond acceptors (Lipinski definition) is 4. The summed E-state index contributed by atoms with van der Waals surface area (Å²) in [4.78, 5) is 11.8. The highest BCUT2D eigenvalue weighted by atomic mass is 16.5. The maximum atomic E-state index is 11.8. The summed E-state index contributed by atoms with van der Waals surface area (Å²) in [6, 6.07) is 7.20. The van der Waals surface area contributed by atoms with Crippen LogP contribution in [-0.4, -0.2) is 36.9 Å². The maximum Gasteiger partial charge on any atom is 0.250 e. The number of hydrogen-bond donors (Lipinski definition) is 2. The van der Waals surface area contributed by atoms with Gasteiger partial charge in [0.2, 0.25) is 5.91 Å². The van der Waals surface area contributed by atoms with Crippen molar-refractivity contribution >= 4 is 11.6 Å². The van der Waals surface area contributed by atoms with E-state index in [4.69, 9.17) is 9.47 Å². The van der Waals surface area contributed by atoms with Crippen LogP contribution < -0.4 is 10.1 Å². The number of aliphatic hydroxyl groups is 1. The molecule has 0 atom stereocenters. The highest BCUT2D eigenvalue weighted by Crippen LogP contribution is 2.21. The lowest BCUT2D eigenvalue weighted by atomic mass is 9.95. The molecule has 110 valence electrons. The van der Waals surface area contributed by atoms with Crippen LogP contribution in [0.4, 0.5) is 5.69 Å². The molecule has 1 amide bonds. The molecule has 0 radical (unpaired) electrons. The number of amides is 1. The first-order valence-electron chi connectivity index (χ1n) is 6.91. The summed E-state index contributed by atoms with van der Waals surface area (Å²) in [5, 5.41) is 12.2. The molecular formula is C15H21NO4. The molecule has 1 aliphatic carbocycles. The Balaban J connectivity index is 1.74. The zero-order valence-electron chi connectivity index (χ0n) is 11.7. The Labute approximate surface area is 118 Å². The number of rotatable bonds is 5. The summed E-state index contributed by atoms with van der Waals surface area (Å²) < 4.78 is 10.7. The molecule has 1 aromatic carbocycles. The van der Waals surface area contributed by atoms with Gasteiger partial charge < -0.3 is 19.9 Å². The summed E-state index contributed by atoms with van der Waals surface area (Å²) in [6.07, 6.45) is 3.00. The minimum Gasteiger partial charge on any atom is -0.497 e. The van der Waals surface area contributed by atoms with Gasteiger partial charge in [0, 0.05) is 11.8 Å². The fraction of sp³-hybridized carbons (Fsp3) is 0.533. The van der Waals surface area contributed by atoms with E-state index >= 15 is 0 Å². The Morgan fingerprint density at radius 2 is 2.10 bits per heavy atom. The Bertz CT molecular complexity index is 441. The Kier molecular flexibility index (Phi) is 5.38. The quantitative estimate of drug-likeness (QED) is 0.864. The molecule has 0 heterocycles. The summed E-state index contributed by atoms with van der Waals surface area (Å²) in [5.74, 6) is 0.523. The van der Waals surface area contributed by atoms with E-state index in [1.165, 1.54) is 0 Å². The minimum absolute atomic E-state index is 0.0397. The lowest BCUT2D eigenvalue weighted by Gasteiger charge is -2.25. The van der Waals surface area contributed by atoms with Crippen LogP contribution in [0.1, 0.15) is 25.7 Å². The lowest BCUT2D eigenvalue weighted by molar-refractivity contribution is -0.123. The van der Waals surface area contributed by atoms with Crippen LogP contribution in [0.5, 0.6) is 5.75 Å². The van der Waals surface area contributed by atoms with Gasteiger partial charge in [0.15, 0.2) is 0 Å². The van der Waals surface area contributed by atoms with Gasteiger partial charge in [0.25, 0.3) is 0 Å². The van der Waals surface area contributed by atoms with Crippen LogP contribution in [-0.2, 0) is 9.53 Å². The third-order valence-corrected chi connectivity index (χ3v) is 3.45. The predicted molar refractivity (Wildman–Crippen MR) is 75.8 cm³/mol. The Hall–Kier alpha value is -1.59. The van der Waals surface area contributed by atoms with Gasteiger partial charge in [-0.15, -0.1) is 0 Å². The second-order valence-corrected chi connectivity index (χ2v) is 5.02. The van der Waals surface area contributed by atoms with Crippen LogP contribution in [0.2, 0.25) is 0 Å². The summed E-state index contributed by atoms with van der Waals surface area (Å²) in [6.45, 7) is 0.0397. The molecule has 1 fully saturated rings. The van der Waals surface area contributed by atoms with Gasteiger partial charge in [-0.1, -0.05) is 6.07 Å². The molecule has 0 aliphatic heterocycles. The van der Waals surface area contributed by atoms with Gasteiger partial charge in [0.05, 0.1) is 19.3 Å². The molecule has 2 N–H and O–H groups in total. The fourth-order valence-corrected chi connectivity index (χ4v) is 2.30. The van der Waals surface area contributed by atoms with Crippen LogP contribution in [0, 0.1) is 0 Å². The van der Waals surface area contributed by atoms with E-state index in [0.29, 0.717) is 11.4 Å². The van der Waals surface area contributed by atoms with Gasteiger partial charge in [-0.2, -0.15) is 0 Å². The first kappa shape index (κ1) is 14.8. The summed E-state index contributed by atoms with van der Waals surface area (Å²) >= 11 is 0. The van der Waals surface area contributed by atoms with Gasteiger partial charge in [-0.3, -0.25) is 4.79 Å². The molecule has 2 rings (SSSR count). The summed E-state index contributed by atoms with van der Waals surface area (Å²) in [5.41, 5.74) is 0.692. The van der Waals surface area contributed by atoms with Crippen molar-refractivity contribution in [3.05, 3.63) is 24.3 Å². The monoisotopic (exact) mass is 279 g/mol. The van der Waals surface area contributed by atoms with Crippen molar-refractivity contribution < 1.29 is 19.4 Å². The van der Waals surface area contributed by atoms with Gasteiger partial charge in [-0.25, -0.2) is 0 Å². The third kappa shape index (κ3) is 4.51. The van der Waals surface area contributed by atoms with Crippen molar-refractivity contribution in [3.8, 4) is 5.75 Å². The van der Waals surface area contributed by atoms with Crippen molar-refractivity contribution in [1.29, 1.82) is 0 Å². The highest BCUT2D eigenvalue weighted by Gasteiger charge is 2.20. The minimum atomic E-state index is -0.208. The van der Waals surface area contributed by atoms with E-state index in [0.717, 1.165) is 25.7 Å². The van der Waals surface area contributed by atoms with Crippen LogP contribution in [0.25, 0.3) is 0 Å². The second-order valence-electron chi connectivity index (χ2n) is 5.02. The average Bonchev–Trinajstić information content (AvgIpc) is 2.47. The Morgan fingerprint density at radius 1 is 1.35 bits per heavy atom. The van der Waals surface area contributed by atoms with Crippen molar-refractivity contribution in [3.63, 3.8) is 0 Å².